The van der Waals surface area contributed by atoms with Gasteiger partial charge in [0.25, 0.3) is 0 Å². The maximum atomic E-state index is 13.9. The van der Waals surface area contributed by atoms with Gasteiger partial charge in [-0.25, -0.2) is 9.69 Å². The molecular weight excluding hydrogens is 636 g/mol. The molecule has 0 bridgehead atoms. The van der Waals surface area contributed by atoms with Gasteiger partial charge in [-0.15, -0.1) is 0 Å². The van der Waals surface area contributed by atoms with Crippen LogP contribution in [0.1, 0.15) is 23.3 Å². The molecule has 0 radical (unpaired) electrons. The number of H-pyrrole nitrogens is 1. The Morgan fingerprint density at radius 1 is 1.06 bits per heavy atom. The predicted molar refractivity (Wildman–Crippen MR) is 143 cm³/mol. The third-order valence-electron chi connectivity index (χ3n) is 5.87. The summed E-state index contributed by atoms with van der Waals surface area (Å²) in [7, 11) is 0. The van der Waals surface area contributed by atoms with E-state index in [4.69, 9.17) is 9.47 Å². The van der Waals surface area contributed by atoms with Crippen molar-refractivity contribution in [1.29, 1.82) is 0 Å². The minimum atomic E-state index is -0.774. The lowest BCUT2D eigenvalue weighted by Crippen LogP contribution is -2.32. The number of thiazole rings is 1. The number of aromatic nitrogens is 1. The molecule has 3 aromatic rings. The van der Waals surface area contributed by atoms with E-state index in [0.29, 0.717) is 26.9 Å². The summed E-state index contributed by atoms with van der Waals surface area (Å²) in [6.45, 7) is 1.62. The predicted octanol–water partition coefficient (Wildman–Crippen LogP) is 4.70. The third-order valence-corrected chi connectivity index (χ3v) is 9.29. The highest BCUT2D eigenvalue weighted by atomic mass is 79.9. The number of hydrogen-bond donors (Lipinski definition) is 1. The number of aromatic amines is 1. The average molecular weight is 654 g/mol. The van der Waals surface area contributed by atoms with Crippen LogP contribution in [0.3, 0.4) is 0 Å². The molecule has 3 heterocycles. The first-order valence-electron chi connectivity index (χ1n) is 10.9. The van der Waals surface area contributed by atoms with Crippen LogP contribution < -0.4 is 14.5 Å². The van der Waals surface area contributed by atoms with E-state index >= 15 is 0 Å². The van der Waals surface area contributed by atoms with Gasteiger partial charge >= 0.3 is 10.8 Å². The van der Waals surface area contributed by atoms with Crippen LogP contribution in [0.5, 0.6) is 5.75 Å². The third kappa shape index (κ3) is 4.55. The first-order chi connectivity index (χ1) is 17.3. The highest BCUT2D eigenvalue weighted by Crippen LogP contribution is 2.54. The molecule has 2 aliphatic rings. The summed E-state index contributed by atoms with van der Waals surface area (Å²) in [5.74, 6) is -2.26. The minimum absolute atomic E-state index is 0.224. The van der Waals surface area contributed by atoms with Crippen LogP contribution in [-0.4, -0.2) is 41.2 Å². The summed E-state index contributed by atoms with van der Waals surface area (Å²) in [4.78, 5) is 56.1. The molecule has 5 rings (SSSR count). The quantitative estimate of drug-likeness (QED) is 0.304. The van der Waals surface area contributed by atoms with E-state index in [1.807, 2.05) is 0 Å². The summed E-state index contributed by atoms with van der Waals surface area (Å²) in [6, 6.07) is 12.2. The number of carbonyl (C=O) groups is 3. The van der Waals surface area contributed by atoms with Crippen molar-refractivity contribution < 1.29 is 23.9 Å². The summed E-state index contributed by atoms with van der Waals surface area (Å²) in [5, 5.41) is -0.174. The van der Waals surface area contributed by atoms with Crippen LogP contribution in [0.15, 0.2) is 61.2 Å². The number of anilines is 1. The molecular formula is C24H18Br2N2O6S2. The maximum absolute atomic E-state index is 13.9. The van der Waals surface area contributed by atoms with Gasteiger partial charge in [-0.3, -0.25) is 14.4 Å². The lowest BCUT2D eigenvalue weighted by molar-refractivity contribution is -0.145. The number of imide groups is 1. The Morgan fingerprint density at radius 3 is 2.50 bits per heavy atom. The molecule has 1 aromatic heterocycles. The molecule has 2 aliphatic heterocycles. The zero-order valence-electron chi connectivity index (χ0n) is 18.7. The summed E-state index contributed by atoms with van der Waals surface area (Å²) < 4.78 is 12.3. The van der Waals surface area contributed by atoms with Crippen LogP contribution in [0.4, 0.5) is 5.69 Å². The Bertz CT molecular complexity index is 1420. The van der Waals surface area contributed by atoms with Crippen molar-refractivity contribution in [3.05, 3.63) is 71.5 Å². The molecule has 0 aliphatic carbocycles. The zero-order chi connectivity index (χ0) is 25.6. The van der Waals surface area contributed by atoms with E-state index in [0.717, 1.165) is 20.3 Å². The average Bonchev–Trinajstić information content (AvgIpc) is 3.33. The summed E-state index contributed by atoms with van der Waals surface area (Å²) in [5.41, 5.74) is 1.08. The molecule has 1 fully saturated rings. The molecule has 3 atom stereocenters. The number of nitrogens with zero attached hydrogens (tertiary/aromatic N) is 1. The second kappa shape index (κ2) is 10.2. The number of thioether (sulfide) groups is 1. The van der Waals surface area contributed by atoms with E-state index in [-0.39, 0.29) is 29.9 Å². The summed E-state index contributed by atoms with van der Waals surface area (Å²) in [6.07, 6.45) is 0. The first-order valence-corrected chi connectivity index (χ1v) is 14.2. The van der Waals surface area contributed by atoms with Crippen molar-refractivity contribution in [2.75, 3.05) is 18.1 Å². The van der Waals surface area contributed by atoms with Gasteiger partial charge in [-0.2, -0.15) is 0 Å². The van der Waals surface area contributed by atoms with Gasteiger partial charge in [-0.05, 0) is 49.4 Å². The number of esters is 1. The molecule has 1 saturated heterocycles. The molecule has 12 heteroatoms. The van der Waals surface area contributed by atoms with E-state index in [2.05, 4.69) is 36.8 Å². The van der Waals surface area contributed by atoms with E-state index in [9.17, 15) is 19.2 Å². The van der Waals surface area contributed by atoms with Gasteiger partial charge in [0.05, 0.1) is 23.2 Å². The molecule has 186 valence electrons. The molecule has 2 aromatic carbocycles. The van der Waals surface area contributed by atoms with Crippen LogP contribution in [0, 0.1) is 5.92 Å². The molecule has 0 spiro atoms. The Kier molecular flexibility index (Phi) is 7.12. The number of nitrogens with one attached hydrogen (secondary N) is 1. The fraction of sp³-hybridized carbons (Fsp3) is 0.250. The standard InChI is InChI=1S/C24H18Br2N2O6S2/c1-2-33-16(29)10-34-15-8-5-12(26)9-14(15)17-18-20(35-21-19(17)36-24(32)27-21)23(31)28(22(18)30)13-6-3-11(25)4-7-13/h3-9,17-18,20H,2,10H2,1H3,(H,27,32)/t17-,18-,20+/m0/s1. The number of amides is 2. The molecule has 36 heavy (non-hydrogen) atoms. The topological polar surface area (TPSA) is 106 Å². The van der Waals surface area contributed by atoms with Crippen molar-refractivity contribution in [3.63, 3.8) is 0 Å². The largest absolute Gasteiger partial charge is 0.482 e. The Morgan fingerprint density at radius 2 is 1.78 bits per heavy atom. The SMILES string of the molecule is CCOC(=O)COc1ccc(Br)cc1[C@@H]1c2sc(=O)[nH]c2S[C@H]2C(=O)N(c3ccc(Br)cc3)C(=O)[C@@H]12. The van der Waals surface area contributed by atoms with Crippen molar-refractivity contribution in [2.45, 2.75) is 23.1 Å². The number of halogens is 2. The zero-order valence-corrected chi connectivity index (χ0v) is 23.5. The van der Waals surface area contributed by atoms with Crippen molar-refractivity contribution >= 4 is 78.4 Å². The smallest absolute Gasteiger partial charge is 0.344 e. The van der Waals surface area contributed by atoms with Crippen LogP contribution in [0.25, 0.3) is 0 Å². The monoisotopic (exact) mass is 652 g/mol. The fourth-order valence-corrected chi connectivity index (χ4v) is 7.58. The molecule has 0 unspecified atom stereocenters. The molecule has 8 nitrogen and oxygen atoms in total. The van der Waals surface area contributed by atoms with Crippen molar-refractivity contribution in [1.82, 2.24) is 4.98 Å². The van der Waals surface area contributed by atoms with Gasteiger partial charge in [0.1, 0.15) is 11.0 Å². The lowest BCUT2D eigenvalue weighted by atomic mass is 9.82. The van der Waals surface area contributed by atoms with E-state index in [1.165, 1.54) is 16.7 Å². The molecule has 2 amide bonds. The molecule has 1 N–H and O–H groups in total. The number of rotatable bonds is 6. The number of benzene rings is 2. The van der Waals surface area contributed by atoms with Gasteiger partial charge in [0.15, 0.2) is 6.61 Å². The molecule has 0 saturated carbocycles. The van der Waals surface area contributed by atoms with Crippen LogP contribution in [-0.2, 0) is 19.1 Å². The highest BCUT2D eigenvalue weighted by molar-refractivity contribution is 9.10. The number of carbonyl (C=O) groups excluding carboxylic acids is 3. The second-order valence-corrected chi connectivity index (χ2v) is 12.0. The van der Waals surface area contributed by atoms with Gasteiger partial charge in [0.2, 0.25) is 11.8 Å². The Labute approximate surface area is 230 Å². The minimum Gasteiger partial charge on any atom is -0.482 e. The van der Waals surface area contributed by atoms with E-state index < -0.39 is 23.1 Å². The van der Waals surface area contributed by atoms with Crippen LogP contribution in [0.2, 0.25) is 0 Å². The van der Waals surface area contributed by atoms with Crippen LogP contribution >= 0.6 is 55.0 Å². The van der Waals surface area contributed by atoms with Gasteiger partial charge in [0, 0.05) is 25.3 Å². The lowest BCUT2D eigenvalue weighted by Gasteiger charge is -2.31. The fourth-order valence-electron chi connectivity index (χ4n) is 4.43. The Hall–Kier alpha value is -2.41. The first kappa shape index (κ1) is 25.2. The van der Waals surface area contributed by atoms with Crippen molar-refractivity contribution in [2.24, 2.45) is 5.92 Å². The Balaban J connectivity index is 1.61. The van der Waals surface area contributed by atoms with Gasteiger partial charge in [-0.1, -0.05) is 55.0 Å². The second-order valence-electron chi connectivity index (χ2n) is 8.01. The normalized spacial score (nSPS) is 20.8. The van der Waals surface area contributed by atoms with Gasteiger partial charge < -0.3 is 14.5 Å². The maximum Gasteiger partial charge on any atom is 0.344 e. The number of ether oxygens (including phenoxy) is 2. The van der Waals surface area contributed by atoms with E-state index in [1.54, 1.807) is 49.4 Å². The number of hydrogen-bond acceptors (Lipinski definition) is 8. The van der Waals surface area contributed by atoms with Crippen molar-refractivity contribution in [3.8, 4) is 5.75 Å². The highest BCUT2D eigenvalue weighted by Gasteiger charge is 2.56. The number of fused-ring (bicyclic) bond motifs is 2. The summed E-state index contributed by atoms with van der Waals surface area (Å²) >= 11 is 9.07.